The number of hydrogen-bond acceptors (Lipinski definition) is 1. The first-order valence-corrected chi connectivity index (χ1v) is 6.06. The Labute approximate surface area is 87.5 Å². The van der Waals surface area contributed by atoms with E-state index >= 15 is 0 Å². The number of hydrogen-bond donors (Lipinski definition) is 0. The molecule has 0 amide bonds. The highest BCUT2D eigenvalue weighted by Gasteiger charge is 2.43. The maximum atomic E-state index is 8.95. The molecule has 4 atom stereocenters. The van der Waals surface area contributed by atoms with Crippen molar-refractivity contribution in [2.75, 3.05) is 0 Å². The fourth-order valence-corrected chi connectivity index (χ4v) is 3.60. The van der Waals surface area contributed by atoms with E-state index in [2.05, 4.69) is 19.9 Å². The van der Waals surface area contributed by atoms with Crippen LogP contribution in [0.4, 0.5) is 0 Å². The summed E-state index contributed by atoms with van der Waals surface area (Å²) in [5.41, 5.74) is 0.597. The molecule has 0 saturated heterocycles. The fraction of sp³-hybridized carbons (Fsp3) is 0.923. The summed E-state index contributed by atoms with van der Waals surface area (Å²) in [6.07, 6.45) is 7.79. The Kier molecular flexibility index (Phi) is 2.56. The first kappa shape index (κ1) is 10.0. The summed E-state index contributed by atoms with van der Waals surface area (Å²) >= 11 is 0. The Morgan fingerprint density at radius 3 is 2.64 bits per heavy atom. The van der Waals surface area contributed by atoms with Crippen LogP contribution in [0.2, 0.25) is 0 Å². The molecule has 2 aliphatic rings. The molecular formula is C13H21N. The quantitative estimate of drug-likeness (QED) is 0.619. The highest BCUT2D eigenvalue weighted by Crippen LogP contribution is 2.53. The molecule has 0 aromatic heterocycles. The normalized spacial score (nSPS) is 47.1. The van der Waals surface area contributed by atoms with Crippen molar-refractivity contribution < 1.29 is 0 Å². The molecule has 1 nitrogen and oxygen atoms in total. The van der Waals surface area contributed by atoms with Crippen LogP contribution in [0.1, 0.15) is 52.4 Å². The van der Waals surface area contributed by atoms with Gasteiger partial charge in [0.15, 0.2) is 0 Å². The van der Waals surface area contributed by atoms with Crippen molar-refractivity contribution in [1.29, 1.82) is 5.26 Å². The van der Waals surface area contributed by atoms with Gasteiger partial charge in [-0.2, -0.15) is 5.26 Å². The van der Waals surface area contributed by atoms with Crippen molar-refractivity contribution in [2.24, 2.45) is 23.2 Å². The Bertz CT molecular complexity index is 252. The first-order valence-electron chi connectivity index (χ1n) is 6.06. The second-order valence-electron chi connectivity index (χ2n) is 5.73. The third-order valence-corrected chi connectivity index (χ3v) is 4.69. The van der Waals surface area contributed by atoms with Gasteiger partial charge < -0.3 is 0 Å². The van der Waals surface area contributed by atoms with Gasteiger partial charge in [0.05, 0.1) is 6.07 Å². The SMILES string of the molecule is CCC1(C)CC2CCC(C#N)CC2C1. The number of nitrogens with zero attached hydrogens (tertiary/aromatic N) is 1. The topological polar surface area (TPSA) is 23.8 Å². The van der Waals surface area contributed by atoms with Crippen LogP contribution in [0.15, 0.2) is 0 Å². The van der Waals surface area contributed by atoms with Gasteiger partial charge in [-0.3, -0.25) is 0 Å². The maximum Gasteiger partial charge on any atom is 0.0655 e. The third-order valence-electron chi connectivity index (χ3n) is 4.69. The predicted octanol–water partition coefficient (Wildman–Crippen LogP) is 3.75. The zero-order chi connectivity index (χ0) is 10.2. The second kappa shape index (κ2) is 3.57. The van der Waals surface area contributed by atoms with Crippen LogP contribution in [-0.4, -0.2) is 0 Å². The Balaban J connectivity index is 2.02. The van der Waals surface area contributed by atoms with Crippen LogP contribution >= 0.6 is 0 Å². The van der Waals surface area contributed by atoms with Crippen LogP contribution in [0.25, 0.3) is 0 Å². The van der Waals surface area contributed by atoms with Crippen molar-refractivity contribution in [2.45, 2.75) is 52.4 Å². The van der Waals surface area contributed by atoms with Crippen molar-refractivity contribution in [3.63, 3.8) is 0 Å². The van der Waals surface area contributed by atoms with Gasteiger partial charge in [0, 0.05) is 5.92 Å². The highest BCUT2D eigenvalue weighted by molar-refractivity contribution is 4.98. The van der Waals surface area contributed by atoms with E-state index in [4.69, 9.17) is 5.26 Å². The summed E-state index contributed by atoms with van der Waals surface area (Å²) in [4.78, 5) is 0. The summed E-state index contributed by atoms with van der Waals surface area (Å²) < 4.78 is 0. The molecule has 2 aliphatic carbocycles. The van der Waals surface area contributed by atoms with Crippen LogP contribution in [0.5, 0.6) is 0 Å². The van der Waals surface area contributed by atoms with Gasteiger partial charge in [0.25, 0.3) is 0 Å². The standard InChI is InChI=1S/C13H21N/c1-3-13(2)7-11-5-4-10(9-14)6-12(11)8-13/h10-12H,3-8H2,1-2H3. The lowest BCUT2D eigenvalue weighted by atomic mass is 9.76. The van der Waals surface area contributed by atoms with Gasteiger partial charge in [-0.15, -0.1) is 0 Å². The van der Waals surface area contributed by atoms with Gasteiger partial charge in [-0.05, 0) is 49.4 Å². The lowest BCUT2D eigenvalue weighted by Gasteiger charge is -2.27. The molecule has 0 radical (unpaired) electrons. The van der Waals surface area contributed by atoms with E-state index in [0.717, 1.165) is 18.3 Å². The number of fused-ring (bicyclic) bond motifs is 1. The molecule has 14 heavy (non-hydrogen) atoms. The van der Waals surface area contributed by atoms with E-state index in [1.807, 2.05) is 0 Å². The summed E-state index contributed by atoms with van der Waals surface area (Å²) in [5.74, 6) is 2.19. The molecule has 1 heteroatoms. The average Bonchev–Trinajstić information content (AvgIpc) is 2.54. The van der Waals surface area contributed by atoms with Crippen LogP contribution in [0, 0.1) is 34.5 Å². The Hall–Kier alpha value is -0.510. The summed E-state index contributed by atoms with van der Waals surface area (Å²) in [7, 11) is 0. The monoisotopic (exact) mass is 191 g/mol. The van der Waals surface area contributed by atoms with Gasteiger partial charge in [0.1, 0.15) is 0 Å². The molecule has 0 N–H and O–H groups in total. The van der Waals surface area contributed by atoms with E-state index in [1.165, 1.54) is 32.1 Å². The third kappa shape index (κ3) is 1.67. The van der Waals surface area contributed by atoms with Gasteiger partial charge in [-0.25, -0.2) is 0 Å². The largest absolute Gasteiger partial charge is 0.198 e. The smallest absolute Gasteiger partial charge is 0.0655 e. The van der Waals surface area contributed by atoms with Crippen molar-refractivity contribution in [1.82, 2.24) is 0 Å². The molecule has 0 spiro atoms. The molecule has 2 saturated carbocycles. The minimum Gasteiger partial charge on any atom is -0.198 e. The molecule has 0 heterocycles. The second-order valence-corrected chi connectivity index (χ2v) is 5.73. The van der Waals surface area contributed by atoms with Gasteiger partial charge in [0.2, 0.25) is 0 Å². The molecule has 2 rings (SSSR count). The van der Waals surface area contributed by atoms with E-state index in [9.17, 15) is 0 Å². The summed E-state index contributed by atoms with van der Waals surface area (Å²) in [6, 6.07) is 2.46. The van der Waals surface area contributed by atoms with Gasteiger partial charge >= 0.3 is 0 Å². The number of rotatable bonds is 1. The van der Waals surface area contributed by atoms with Crippen molar-refractivity contribution in [3.05, 3.63) is 0 Å². The molecule has 0 aromatic carbocycles. The molecule has 0 aromatic rings. The van der Waals surface area contributed by atoms with Crippen LogP contribution < -0.4 is 0 Å². The average molecular weight is 191 g/mol. The minimum atomic E-state index is 0.371. The Morgan fingerprint density at radius 2 is 2.00 bits per heavy atom. The molecule has 78 valence electrons. The van der Waals surface area contributed by atoms with Crippen molar-refractivity contribution >= 4 is 0 Å². The zero-order valence-electron chi connectivity index (χ0n) is 9.42. The lowest BCUT2D eigenvalue weighted by Crippen LogP contribution is -2.19. The first-order chi connectivity index (χ1) is 6.67. The predicted molar refractivity (Wildman–Crippen MR) is 57.6 cm³/mol. The zero-order valence-corrected chi connectivity index (χ0v) is 9.42. The van der Waals surface area contributed by atoms with E-state index in [0.29, 0.717) is 11.3 Å². The van der Waals surface area contributed by atoms with Crippen LogP contribution in [-0.2, 0) is 0 Å². The summed E-state index contributed by atoms with van der Waals surface area (Å²) in [6.45, 7) is 4.76. The van der Waals surface area contributed by atoms with Crippen molar-refractivity contribution in [3.8, 4) is 6.07 Å². The lowest BCUT2D eigenvalue weighted by molar-refractivity contribution is 0.240. The van der Waals surface area contributed by atoms with E-state index < -0.39 is 0 Å². The summed E-state index contributed by atoms with van der Waals surface area (Å²) in [5, 5.41) is 8.95. The van der Waals surface area contributed by atoms with Crippen LogP contribution in [0.3, 0.4) is 0 Å². The van der Waals surface area contributed by atoms with E-state index in [-0.39, 0.29) is 0 Å². The van der Waals surface area contributed by atoms with Gasteiger partial charge in [-0.1, -0.05) is 20.3 Å². The molecule has 0 aliphatic heterocycles. The minimum absolute atomic E-state index is 0.371. The molecule has 0 bridgehead atoms. The Morgan fingerprint density at radius 1 is 1.29 bits per heavy atom. The fourth-order valence-electron chi connectivity index (χ4n) is 3.60. The highest BCUT2D eigenvalue weighted by atomic mass is 14.5. The number of nitriles is 1. The van der Waals surface area contributed by atoms with E-state index in [1.54, 1.807) is 0 Å². The molecular weight excluding hydrogens is 170 g/mol. The molecule has 2 fully saturated rings. The molecule has 4 unspecified atom stereocenters. The maximum absolute atomic E-state index is 8.95.